The summed E-state index contributed by atoms with van der Waals surface area (Å²) < 4.78 is 320. The van der Waals surface area contributed by atoms with Crippen molar-refractivity contribution < 1.29 is 119 Å². The topological polar surface area (TPSA) is 91.7 Å². The second-order valence-electron chi connectivity index (χ2n) is 7.04. The zero-order valence-electron chi connectivity index (χ0n) is 16.8. The molecule has 0 aromatic carbocycles. The lowest BCUT2D eigenvalue weighted by atomic mass is 9.85. The van der Waals surface area contributed by atoms with Crippen LogP contribution in [0.2, 0.25) is 0 Å². The number of carbonyl (C=O) groups is 1. The predicted octanol–water partition coefficient (Wildman–Crippen LogP) is 5.90. The summed E-state index contributed by atoms with van der Waals surface area (Å²) in [4.78, 5) is 9.90. The maximum atomic E-state index is 13.5. The molecule has 40 heavy (non-hydrogen) atoms. The van der Waals surface area contributed by atoms with Gasteiger partial charge in [-0.25, -0.2) is 4.79 Å². The van der Waals surface area contributed by atoms with Crippen LogP contribution in [0.15, 0.2) is 0 Å². The fourth-order valence-corrected chi connectivity index (χ4v) is 2.51. The Morgan fingerprint density at radius 2 is 0.575 bits per heavy atom. The summed E-state index contributed by atoms with van der Waals surface area (Å²) in [5.41, 5.74) is 0. The van der Waals surface area contributed by atoms with Gasteiger partial charge in [-0.15, -0.1) is 0 Å². The normalized spacial score (nSPS) is 16.8. The van der Waals surface area contributed by atoms with Crippen LogP contribution in [0.1, 0.15) is 0 Å². The fraction of sp³-hybridized carbons (Fsp3) is 0.917. The van der Waals surface area contributed by atoms with Crippen LogP contribution in [0.25, 0.3) is 0 Å². The van der Waals surface area contributed by atoms with E-state index >= 15 is 0 Å². The molecule has 0 amide bonds. The molecule has 240 valence electrons. The van der Waals surface area contributed by atoms with Gasteiger partial charge >= 0.3 is 80.6 Å². The lowest BCUT2D eigenvalue weighted by molar-refractivity contribution is -0.471. The number of hydrogen-bond acceptors (Lipinski definition) is 3. The number of carboxylic acid groups (broad SMARTS) is 1. The highest BCUT2D eigenvalue weighted by Crippen LogP contribution is 2.67. The van der Waals surface area contributed by atoms with Crippen LogP contribution >= 0.6 is 0 Å². The average Bonchev–Trinajstić information content (AvgIpc) is 2.71. The summed E-state index contributed by atoms with van der Waals surface area (Å²) in [6.45, 7) is 0. The van der Waals surface area contributed by atoms with E-state index in [9.17, 15) is 110 Å². The zero-order chi connectivity index (χ0) is 33.6. The van der Waals surface area contributed by atoms with Crippen molar-refractivity contribution in [2.24, 2.45) is 0 Å². The van der Waals surface area contributed by atoms with Crippen molar-refractivity contribution >= 4 is 16.1 Å². The Bertz CT molecular complexity index is 1110. The van der Waals surface area contributed by atoms with E-state index in [1.165, 1.54) is 0 Å². The SMILES string of the molecule is O=C(O)C(F)(F)C(F)(F)C(F)(F)C(F)(F)C(F)(F)C(F)(F)C(F)(F)C(F)(F)C(F)(F)C(F)(F)C(F)(F)S(=O)(=O)O. The van der Waals surface area contributed by atoms with Crippen LogP contribution in [-0.2, 0) is 14.9 Å². The van der Waals surface area contributed by atoms with Gasteiger partial charge in [0.05, 0.1) is 0 Å². The minimum Gasteiger partial charge on any atom is -0.477 e. The standard InChI is InChI=1S/C12H2F22O5S/c13-2(14,1(35)36)3(15,16)4(17,18)5(19,20)6(21,22)7(23,24)8(25,26)9(27,28)10(29,30)11(31,32)12(33,34)40(37,38)39/h(H,35,36)(H,37,38,39). The van der Waals surface area contributed by atoms with Gasteiger partial charge in [0.25, 0.3) is 0 Å². The molecule has 0 atom stereocenters. The molecule has 0 aliphatic rings. The van der Waals surface area contributed by atoms with Gasteiger partial charge in [-0.1, -0.05) is 0 Å². The number of aliphatic carboxylic acids is 1. The Kier molecular flexibility index (Phi) is 8.44. The molecule has 2 N–H and O–H groups in total. The van der Waals surface area contributed by atoms with E-state index in [0.29, 0.717) is 0 Å². The first-order chi connectivity index (χ1) is 16.7. The summed E-state index contributed by atoms with van der Waals surface area (Å²) in [6.07, 6.45) is 0. The Labute approximate surface area is 201 Å². The van der Waals surface area contributed by atoms with Crippen molar-refractivity contribution in [1.82, 2.24) is 0 Å². The van der Waals surface area contributed by atoms with E-state index in [0.717, 1.165) is 0 Å². The van der Waals surface area contributed by atoms with Gasteiger partial charge in [-0.2, -0.15) is 105 Å². The molecule has 0 heterocycles. The van der Waals surface area contributed by atoms with E-state index in [2.05, 4.69) is 0 Å². The summed E-state index contributed by atoms with van der Waals surface area (Å²) >= 11 is 0. The van der Waals surface area contributed by atoms with Gasteiger partial charge in [0.2, 0.25) is 0 Å². The van der Waals surface area contributed by atoms with E-state index in [1.54, 1.807) is 0 Å². The molecule has 0 saturated carbocycles. The van der Waals surface area contributed by atoms with E-state index < -0.39 is 80.6 Å². The van der Waals surface area contributed by atoms with Crippen LogP contribution in [0.5, 0.6) is 0 Å². The van der Waals surface area contributed by atoms with Gasteiger partial charge < -0.3 is 5.11 Å². The third-order valence-corrected chi connectivity index (χ3v) is 5.41. The molecule has 0 aromatic rings. The van der Waals surface area contributed by atoms with E-state index in [1.807, 2.05) is 0 Å². The lowest BCUT2D eigenvalue weighted by Gasteiger charge is -2.45. The first-order valence-corrected chi connectivity index (χ1v) is 9.50. The minimum absolute atomic E-state index is 4.65. The highest BCUT2D eigenvalue weighted by molar-refractivity contribution is 7.87. The fourth-order valence-electron chi connectivity index (χ4n) is 2.06. The summed E-state index contributed by atoms with van der Waals surface area (Å²) in [6, 6.07) is 0. The van der Waals surface area contributed by atoms with Crippen molar-refractivity contribution in [1.29, 1.82) is 0 Å². The molecular formula is C12H2F22O5S. The summed E-state index contributed by atoms with van der Waals surface area (Å²) in [7, 11) is -8.19. The smallest absolute Gasteiger partial charge is 0.438 e. The Morgan fingerprint density at radius 1 is 0.400 bits per heavy atom. The molecule has 0 aliphatic heterocycles. The van der Waals surface area contributed by atoms with Gasteiger partial charge in [-0.3, -0.25) is 4.55 Å². The van der Waals surface area contributed by atoms with E-state index in [-0.39, 0.29) is 0 Å². The van der Waals surface area contributed by atoms with Crippen LogP contribution in [0.4, 0.5) is 96.6 Å². The maximum Gasteiger partial charge on any atom is 0.438 e. The van der Waals surface area contributed by atoms with Gasteiger partial charge in [0.15, 0.2) is 0 Å². The van der Waals surface area contributed by atoms with Crippen LogP contribution < -0.4 is 0 Å². The maximum absolute atomic E-state index is 13.5. The molecular weight excluding hydrogens is 674 g/mol. The molecule has 0 radical (unpaired) electrons. The quantitative estimate of drug-likeness (QED) is 0.199. The zero-order valence-corrected chi connectivity index (χ0v) is 17.7. The predicted molar refractivity (Wildman–Crippen MR) is 73.6 cm³/mol. The molecule has 0 fully saturated rings. The Balaban J connectivity index is 7.42. The third-order valence-electron chi connectivity index (χ3n) is 4.51. The Morgan fingerprint density at radius 3 is 0.750 bits per heavy atom. The van der Waals surface area contributed by atoms with Crippen molar-refractivity contribution in [3.63, 3.8) is 0 Å². The average molecular weight is 676 g/mol. The number of rotatable bonds is 12. The van der Waals surface area contributed by atoms with Gasteiger partial charge in [-0.05, 0) is 0 Å². The first kappa shape index (κ1) is 37.8. The molecule has 0 saturated heterocycles. The molecule has 28 heteroatoms. The number of hydrogen-bond donors (Lipinski definition) is 2. The van der Waals surface area contributed by atoms with Crippen molar-refractivity contribution in [2.75, 3.05) is 0 Å². The van der Waals surface area contributed by atoms with Crippen LogP contribution in [-0.4, -0.2) is 88.5 Å². The third kappa shape index (κ3) is 4.11. The van der Waals surface area contributed by atoms with Crippen LogP contribution in [0.3, 0.4) is 0 Å². The van der Waals surface area contributed by atoms with Crippen LogP contribution in [0, 0.1) is 0 Å². The number of alkyl halides is 22. The highest BCUT2D eigenvalue weighted by Gasteiger charge is 2.99. The Hall–Kier alpha value is -2.16. The monoisotopic (exact) mass is 676 g/mol. The molecule has 0 aliphatic carbocycles. The van der Waals surface area contributed by atoms with Crippen molar-refractivity contribution in [3.8, 4) is 0 Å². The second kappa shape index (κ2) is 8.92. The summed E-state index contributed by atoms with van der Waals surface area (Å²) in [5, 5.41) is -0.510. The number of halogens is 22. The highest BCUT2D eigenvalue weighted by atomic mass is 32.2. The largest absolute Gasteiger partial charge is 0.477 e. The second-order valence-corrected chi connectivity index (χ2v) is 8.50. The first-order valence-electron chi connectivity index (χ1n) is 8.06. The van der Waals surface area contributed by atoms with Crippen molar-refractivity contribution in [2.45, 2.75) is 64.5 Å². The molecule has 5 nitrogen and oxygen atoms in total. The van der Waals surface area contributed by atoms with Gasteiger partial charge in [0, 0.05) is 0 Å². The molecule has 0 aromatic heterocycles. The lowest BCUT2D eigenvalue weighted by Crippen LogP contribution is -2.78. The molecule has 0 unspecified atom stereocenters. The summed E-state index contributed by atoms with van der Waals surface area (Å²) in [5.74, 6) is -95.8. The molecule has 0 rings (SSSR count). The molecule has 0 bridgehead atoms. The number of carboxylic acids is 1. The van der Waals surface area contributed by atoms with Gasteiger partial charge in [0.1, 0.15) is 0 Å². The van der Waals surface area contributed by atoms with E-state index in [4.69, 9.17) is 9.66 Å². The van der Waals surface area contributed by atoms with Crippen molar-refractivity contribution in [3.05, 3.63) is 0 Å². The molecule has 0 spiro atoms. The minimum atomic E-state index is -9.61.